The minimum absolute atomic E-state index is 0.0480. The number of fused-ring (bicyclic) bond motifs is 1. The average molecular weight is 434 g/mol. The lowest BCUT2D eigenvalue weighted by Crippen LogP contribution is -2.10. The number of thiazole rings is 1. The number of benzene rings is 2. The van der Waals surface area contributed by atoms with E-state index in [1.54, 1.807) is 42.5 Å². The van der Waals surface area contributed by atoms with E-state index >= 15 is 0 Å². The first-order chi connectivity index (χ1) is 15.0. The van der Waals surface area contributed by atoms with Crippen molar-refractivity contribution in [2.45, 2.75) is 0 Å². The van der Waals surface area contributed by atoms with Gasteiger partial charge in [-0.05, 0) is 42.0 Å². The van der Waals surface area contributed by atoms with Gasteiger partial charge in [0.05, 0.1) is 21.4 Å². The number of hydrogen-bond donors (Lipinski definition) is 2. The van der Waals surface area contributed by atoms with Crippen molar-refractivity contribution < 1.29 is 18.9 Å². The van der Waals surface area contributed by atoms with Crippen LogP contribution in [0.3, 0.4) is 0 Å². The number of nitrogens with zero attached hydrogens (tertiary/aromatic N) is 2. The molecule has 0 unspecified atom stereocenters. The lowest BCUT2D eigenvalue weighted by molar-refractivity contribution is -0.384. The fraction of sp³-hybridized carbons (Fsp3) is 0. The fourth-order valence-electron chi connectivity index (χ4n) is 2.72. The van der Waals surface area contributed by atoms with Gasteiger partial charge in [-0.2, -0.15) is 0 Å². The Morgan fingerprint density at radius 3 is 2.74 bits per heavy atom. The molecule has 31 heavy (non-hydrogen) atoms. The van der Waals surface area contributed by atoms with Crippen LogP contribution in [-0.4, -0.2) is 21.7 Å². The summed E-state index contributed by atoms with van der Waals surface area (Å²) in [5, 5.41) is 16.6. The van der Waals surface area contributed by atoms with Gasteiger partial charge in [0.15, 0.2) is 10.9 Å². The summed E-state index contributed by atoms with van der Waals surface area (Å²) in [6.07, 6.45) is 4.20. The van der Waals surface area contributed by atoms with E-state index in [4.69, 9.17) is 4.42 Å². The molecule has 0 aliphatic rings. The van der Waals surface area contributed by atoms with Gasteiger partial charge in [-0.3, -0.25) is 25.0 Å². The van der Waals surface area contributed by atoms with Crippen molar-refractivity contribution in [1.29, 1.82) is 0 Å². The van der Waals surface area contributed by atoms with Crippen molar-refractivity contribution in [3.05, 3.63) is 88.4 Å². The second kappa shape index (κ2) is 8.59. The van der Waals surface area contributed by atoms with Gasteiger partial charge >= 0.3 is 0 Å². The van der Waals surface area contributed by atoms with Crippen LogP contribution < -0.4 is 10.6 Å². The van der Waals surface area contributed by atoms with Crippen LogP contribution in [0.5, 0.6) is 0 Å². The number of aromatic nitrogens is 1. The first-order valence-electron chi connectivity index (χ1n) is 8.97. The summed E-state index contributed by atoms with van der Waals surface area (Å²) in [6, 6.07) is 14.3. The minimum Gasteiger partial charge on any atom is -0.459 e. The highest BCUT2D eigenvalue weighted by atomic mass is 32.1. The van der Waals surface area contributed by atoms with E-state index in [1.165, 1.54) is 41.9 Å². The van der Waals surface area contributed by atoms with Crippen molar-refractivity contribution in [1.82, 2.24) is 4.98 Å². The number of amides is 2. The number of furan rings is 1. The Morgan fingerprint density at radius 1 is 1.10 bits per heavy atom. The molecule has 0 radical (unpaired) electrons. The highest BCUT2D eigenvalue weighted by Crippen LogP contribution is 2.28. The van der Waals surface area contributed by atoms with Crippen molar-refractivity contribution in [3.8, 4) is 0 Å². The molecule has 2 amide bonds. The summed E-state index contributed by atoms with van der Waals surface area (Å²) in [7, 11) is 0. The van der Waals surface area contributed by atoms with Gasteiger partial charge in [0.2, 0.25) is 5.91 Å². The predicted molar refractivity (Wildman–Crippen MR) is 117 cm³/mol. The smallest absolute Gasteiger partial charge is 0.293 e. The Morgan fingerprint density at radius 2 is 1.97 bits per heavy atom. The minimum atomic E-state index is -0.493. The van der Waals surface area contributed by atoms with Crippen LogP contribution in [0, 0.1) is 10.1 Å². The number of nitro benzene ring substituents is 1. The zero-order valence-corrected chi connectivity index (χ0v) is 16.6. The Balaban J connectivity index is 1.43. The first-order valence-corrected chi connectivity index (χ1v) is 9.78. The molecule has 0 fully saturated rings. The number of rotatable bonds is 6. The molecule has 0 saturated heterocycles. The monoisotopic (exact) mass is 434 g/mol. The molecule has 0 saturated carbocycles. The molecule has 0 aliphatic heterocycles. The number of anilines is 2. The summed E-state index contributed by atoms with van der Waals surface area (Å²) in [5.41, 5.74) is 1.71. The largest absolute Gasteiger partial charge is 0.459 e. The lowest BCUT2D eigenvalue weighted by Gasteiger charge is -2.01. The maximum absolute atomic E-state index is 12.2. The molecule has 2 aromatic carbocycles. The third-order valence-corrected chi connectivity index (χ3v) is 5.06. The van der Waals surface area contributed by atoms with E-state index in [9.17, 15) is 19.7 Å². The SMILES string of the molecule is O=C(/C=C/c1cccc([N+](=O)[O-])c1)Nc1ccc2nc(NC(=O)c3ccco3)sc2c1. The second-order valence-corrected chi connectivity index (χ2v) is 7.34. The topological polar surface area (TPSA) is 127 Å². The second-order valence-electron chi connectivity index (χ2n) is 6.31. The molecule has 4 aromatic rings. The number of carbonyl (C=O) groups excluding carboxylic acids is 2. The average Bonchev–Trinajstić information content (AvgIpc) is 3.42. The maximum Gasteiger partial charge on any atom is 0.293 e. The Labute approximate surface area is 179 Å². The molecule has 10 heteroatoms. The predicted octanol–water partition coefficient (Wildman–Crippen LogP) is 4.70. The number of non-ortho nitro benzene ring substituents is 1. The molecule has 2 aromatic heterocycles. The molecule has 0 aliphatic carbocycles. The Hall–Kier alpha value is -4.31. The maximum atomic E-state index is 12.2. The highest BCUT2D eigenvalue weighted by Gasteiger charge is 2.12. The Bertz CT molecular complexity index is 1310. The molecule has 154 valence electrons. The molecule has 9 nitrogen and oxygen atoms in total. The van der Waals surface area contributed by atoms with Crippen molar-refractivity contribution in [3.63, 3.8) is 0 Å². The molecule has 2 N–H and O–H groups in total. The summed E-state index contributed by atoms with van der Waals surface area (Å²) in [4.78, 5) is 39.0. The number of nitro groups is 1. The van der Waals surface area contributed by atoms with Crippen LogP contribution in [0.15, 0.2) is 71.4 Å². The summed E-state index contributed by atoms with van der Waals surface area (Å²) in [6.45, 7) is 0. The van der Waals surface area contributed by atoms with Crippen molar-refractivity contribution >= 4 is 56.0 Å². The van der Waals surface area contributed by atoms with Gasteiger partial charge in [0.1, 0.15) is 0 Å². The van der Waals surface area contributed by atoms with E-state index in [0.717, 1.165) is 4.70 Å². The normalized spacial score (nSPS) is 11.0. The van der Waals surface area contributed by atoms with E-state index in [-0.39, 0.29) is 17.4 Å². The fourth-order valence-corrected chi connectivity index (χ4v) is 3.62. The van der Waals surface area contributed by atoms with Gasteiger partial charge in [-0.15, -0.1) is 0 Å². The van der Waals surface area contributed by atoms with Gasteiger partial charge in [0.25, 0.3) is 11.6 Å². The van der Waals surface area contributed by atoms with Crippen LogP contribution in [-0.2, 0) is 4.79 Å². The molecule has 0 spiro atoms. The first kappa shape index (κ1) is 20.0. The number of hydrogen-bond acceptors (Lipinski definition) is 7. The van der Waals surface area contributed by atoms with Gasteiger partial charge in [0, 0.05) is 23.9 Å². The third kappa shape index (κ3) is 4.82. The van der Waals surface area contributed by atoms with Crippen molar-refractivity contribution in [2.75, 3.05) is 10.6 Å². The van der Waals surface area contributed by atoms with E-state index in [0.29, 0.717) is 21.9 Å². The van der Waals surface area contributed by atoms with Crippen LogP contribution in [0.1, 0.15) is 16.1 Å². The van der Waals surface area contributed by atoms with E-state index in [1.807, 2.05) is 0 Å². The molecule has 4 rings (SSSR count). The standard InChI is InChI=1S/C21H14N4O5S/c26-19(9-6-13-3-1-4-15(11-13)25(28)29)22-14-7-8-16-18(12-14)31-21(23-16)24-20(27)17-5-2-10-30-17/h1-12H,(H,22,26)(H,23,24,27)/b9-6+. The van der Waals surface area contributed by atoms with E-state index in [2.05, 4.69) is 15.6 Å². The zero-order chi connectivity index (χ0) is 21.8. The zero-order valence-electron chi connectivity index (χ0n) is 15.8. The van der Waals surface area contributed by atoms with Gasteiger partial charge in [-0.25, -0.2) is 4.98 Å². The van der Waals surface area contributed by atoms with Crippen molar-refractivity contribution in [2.24, 2.45) is 0 Å². The molecule has 0 bridgehead atoms. The van der Waals surface area contributed by atoms with Gasteiger partial charge in [-0.1, -0.05) is 23.5 Å². The number of nitrogens with one attached hydrogen (secondary N) is 2. The molecule has 2 heterocycles. The van der Waals surface area contributed by atoms with Crippen LogP contribution >= 0.6 is 11.3 Å². The summed E-state index contributed by atoms with van der Waals surface area (Å²) < 4.78 is 5.83. The van der Waals surface area contributed by atoms with Gasteiger partial charge < -0.3 is 9.73 Å². The third-order valence-electron chi connectivity index (χ3n) is 4.13. The summed E-state index contributed by atoms with van der Waals surface area (Å²) >= 11 is 1.26. The summed E-state index contributed by atoms with van der Waals surface area (Å²) in [5.74, 6) is -0.603. The quantitative estimate of drug-likeness (QED) is 0.257. The van der Waals surface area contributed by atoms with Crippen LogP contribution in [0.2, 0.25) is 0 Å². The molecular formula is C21H14N4O5S. The number of carbonyl (C=O) groups is 2. The lowest BCUT2D eigenvalue weighted by atomic mass is 10.2. The molecule has 0 atom stereocenters. The Kier molecular flexibility index (Phi) is 5.54. The van der Waals surface area contributed by atoms with E-state index < -0.39 is 10.8 Å². The molecular weight excluding hydrogens is 420 g/mol. The highest BCUT2D eigenvalue weighted by molar-refractivity contribution is 7.22. The van der Waals surface area contributed by atoms with Crippen LogP contribution in [0.4, 0.5) is 16.5 Å². The van der Waals surface area contributed by atoms with Crippen LogP contribution in [0.25, 0.3) is 16.3 Å².